The van der Waals surface area contributed by atoms with E-state index in [0.29, 0.717) is 5.75 Å². The van der Waals surface area contributed by atoms with Crippen molar-refractivity contribution in [3.8, 4) is 5.75 Å². The van der Waals surface area contributed by atoms with E-state index in [1.807, 2.05) is 55.5 Å². The first-order valence-electron chi connectivity index (χ1n) is 5.32. The lowest BCUT2D eigenvalue weighted by molar-refractivity contribution is 0.432. The van der Waals surface area contributed by atoms with Gasteiger partial charge in [-0.3, -0.25) is 0 Å². The summed E-state index contributed by atoms with van der Waals surface area (Å²) in [4.78, 5) is 0. The molecule has 0 radical (unpaired) electrons. The second-order valence-corrected chi connectivity index (χ2v) is 4.70. The van der Waals surface area contributed by atoms with Crippen LogP contribution in [0, 0.1) is 6.92 Å². The Morgan fingerprint density at radius 1 is 1.06 bits per heavy atom. The molecule has 2 nitrogen and oxygen atoms in total. The molecule has 2 aromatic carbocycles. The summed E-state index contributed by atoms with van der Waals surface area (Å²) in [5.41, 5.74) is 1.80. The number of rotatable bonds is 3. The first-order valence-corrected chi connectivity index (χ1v) is 6.12. The standard InChI is InChI=1S/C13H12BBrO2/c1-10-4-2-3-5-13(10)14(16)17-12-8-6-11(15)7-9-12/h2-9,16H,1H3. The fourth-order valence-corrected chi connectivity index (χ4v) is 1.83. The molecular formula is C13H12BBrO2. The maximum Gasteiger partial charge on any atom is 0.560 e. The SMILES string of the molecule is Cc1ccccc1B(O)Oc1ccc(Br)cc1. The van der Waals surface area contributed by atoms with Gasteiger partial charge >= 0.3 is 7.12 Å². The molecule has 17 heavy (non-hydrogen) atoms. The highest BCUT2D eigenvalue weighted by Crippen LogP contribution is 2.16. The molecule has 0 saturated heterocycles. The van der Waals surface area contributed by atoms with Gasteiger partial charge in [-0.2, -0.15) is 0 Å². The molecule has 0 aromatic heterocycles. The van der Waals surface area contributed by atoms with Crippen molar-refractivity contribution in [1.29, 1.82) is 0 Å². The number of hydrogen-bond donors (Lipinski definition) is 1. The average molecular weight is 291 g/mol. The highest BCUT2D eigenvalue weighted by molar-refractivity contribution is 9.10. The summed E-state index contributed by atoms with van der Waals surface area (Å²) >= 11 is 3.35. The van der Waals surface area contributed by atoms with Crippen LogP contribution in [0.3, 0.4) is 0 Å². The third-order valence-electron chi connectivity index (χ3n) is 2.52. The molecule has 1 N–H and O–H groups in total. The van der Waals surface area contributed by atoms with Gasteiger partial charge in [-0.05, 0) is 36.7 Å². The van der Waals surface area contributed by atoms with Crippen LogP contribution >= 0.6 is 15.9 Å². The van der Waals surface area contributed by atoms with Gasteiger partial charge in [-0.15, -0.1) is 0 Å². The van der Waals surface area contributed by atoms with Crippen molar-refractivity contribution in [2.24, 2.45) is 0 Å². The Labute approximate surface area is 110 Å². The molecule has 0 atom stereocenters. The van der Waals surface area contributed by atoms with Crippen molar-refractivity contribution < 1.29 is 9.68 Å². The summed E-state index contributed by atoms with van der Waals surface area (Å²) in [6, 6.07) is 15.0. The van der Waals surface area contributed by atoms with Crippen molar-refractivity contribution in [1.82, 2.24) is 0 Å². The molecule has 0 saturated carbocycles. The van der Waals surface area contributed by atoms with Gasteiger partial charge in [0.2, 0.25) is 0 Å². The van der Waals surface area contributed by atoms with Gasteiger partial charge in [-0.25, -0.2) is 0 Å². The van der Waals surface area contributed by atoms with Crippen molar-refractivity contribution in [2.45, 2.75) is 6.92 Å². The molecule has 0 fully saturated rings. The van der Waals surface area contributed by atoms with Crippen molar-refractivity contribution in [3.05, 3.63) is 58.6 Å². The van der Waals surface area contributed by atoms with E-state index in [1.165, 1.54) is 0 Å². The molecule has 0 bridgehead atoms. The number of halogens is 1. The molecule has 2 aromatic rings. The third-order valence-corrected chi connectivity index (χ3v) is 3.04. The minimum atomic E-state index is -0.933. The molecular weight excluding hydrogens is 279 g/mol. The van der Waals surface area contributed by atoms with Crippen molar-refractivity contribution in [2.75, 3.05) is 0 Å². The number of aryl methyl sites for hydroxylation is 1. The maximum atomic E-state index is 9.99. The minimum absolute atomic E-state index is 0.643. The lowest BCUT2D eigenvalue weighted by Gasteiger charge is -2.11. The highest BCUT2D eigenvalue weighted by Gasteiger charge is 2.20. The molecule has 0 unspecified atom stereocenters. The summed E-state index contributed by atoms with van der Waals surface area (Å²) in [5, 5.41) is 9.99. The molecule has 86 valence electrons. The molecule has 0 aliphatic heterocycles. The fourth-order valence-electron chi connectivity index (χ4n) is 1.57. The van der Waals surface area contributed by atoms with E-state index in [4.69, 9.17) is 4.65 Å². The zero-order chi connectivity index (χ0) is 12.3. The van der Waals surface area contributed by atoms with Crippen molar-refractivity contribution >= 4 is 28.5 Å². The molecule has 0 aliphatic carbocycles. The van der Waals surface area contributed by atoms with Crippen LogP contribution in [0.15, 0.2) is 53.0 Å². The van der Waals surface area contributed by atoms with Gasteiger partial charge in [0.15, 0.2) is 0 Å². The quantitative estimate of drug-likeness (QED) is 0.881. The van der Waals surface area contributed by atoms with Gasteiger partial charge in [0.1, 0.15) is 5.75 Å². The summed E-state index contributed by atoms with van der Waals surface area (Å²) in [6.45, 7) is 1.95. The Kier molecular flexibility index (Phi) is 3.87. The van der Waals surface area contributed by atoms with Gasteiger partial charge in [0.25, 0.3) is 0 Å². The number of benzene rings is 2. The summed E-state index contributed by atoms with van der Waals surface area (Å²) < 4.78 is 6.45. The first-order chi connectivity index (χ1) is 8.16. The normalized spacial score (nSPS) is 10.1. The van der Waals surface area contributed by atoms with E-state index in [0.717, 1.165) is 15.5 Å². The number of hydrogen-bond acceptors (Lipinski definition) is 2. The Balaban J connectivity index is 2.14. The van der Waals surface area contributed by atoms with Crippen LogP contribution in [0.2, 0.25) is 0 Å². The van der Waals surface area contributed by atoms with E-state index >= 15 is 0 Å². The Bertz CT molecular complexity index is 499. The van der Waals surface area contributed by atoms with E-state index < -0.39 is 7.12 Å². The monoisotopic (exact) mass is 290 g/mol. The average Bonchev–Trinajstić information content (AvgIpc) is 2.32. The maximum absolute atomic E-state index is 9.99. The van der Waals surface area contributed by atoms with Gasteiger partial charge in [0.05, 0.1) is 0 Å². The highest BCUT2D eigenvalue weighted by atomic mass is 79.9. The zero-order valence-electron chi connectivity index (χ0n) is 9.43. The van der Waals surface area contributed by atoms with Crippen LogP contribution in [-0.4, -0.2) is 12.1 Å². The lowest BCUT2D eigenvalue weighted by atomic mass is 9.76. The van der Waals surface area contributed by atoms with E-state index in [9.17, 15) is 5.02 Å². The fraction of sp³-hybridized carbons (Fsp3) is 0.0769. The largest absolute Gasteiger partial charge is 0.560 e. The predicted molar refractivity (Wildman–Crippen MR) is 73.6 cm³/mol. The first kappa shape index (κ1) is 12.2. The summed E-state index contributed by atoms with van der Waals surface area (Å²) in [5.74, 6) is 0.643. The van der Waals surface area contributed by atoms with Crippen LogP contribution in [0.25, 0.3) is 0 Å². The van der Waals surface area contributed by atoms with Gasteiger partial charge in [0, 0.05) is 4.47 Å². The van der Waals surface area contributed by atoms with Crippen LogP contribution in [-0.2, 0) is 0 Å². The Morgan fingerprint density at radius 3 is 2.35 bits per heavy atom. The molecule has 0 aliphatic rings. The molecule has 2 rings (SSSR count). The van der Waals surface area contributed by atoms with Crippen LogP contribution in [0.5, 0.6) is 5.75 Å². The van der Waals surface area contributed by atoms with Gasteiger partial charge in [-0.1, -0.05) is 45.8 Å². The third kappa shape index (κ3) is 3.11. The molecule has 0 amide bonds. The van der Waals surface area contributed by atoms with E-state index in [1.54, 1.807) is 0 Å². The molecule has 4 heteroatoms. The topological polar surface area (TPSA) is 29.5 Å². The summed E-state index contributed by atoms with van der Waals surface area (Å²) in [6.07, 6.45) is 0. The zero-order valence-corrected chi connectivity index (χ0v) is 11.0. The lowest BCUT2D eigenvalue weighted by Crippen LogP contribution is -2.38. The second-order valence-electron chi connectivity index (χ2n) is 3.78. The Morgan fingerprint density at radius 2 is 1.71 bits per heavy atom. The van der Waals surface area contributed by atoms with E-state index in [2.05, 4.69) is 15.9 Å². The Hall–Kier alpha value is -1.26. The predicted octanol–water partition coefficient (Wildman–Crippen LogP) is 2.52. The van der Waals surface area contributed by atoms with Crippen LogP contribution < -0.4 is 10.1 Å². The smallest absolute Gasteiger partial charge is 0.532 e. The molecule has 0 heterocycles. The van der Waals surface area contributed by atoms with Crippen LogP contribution in [0.1, 0.15) is 5.56 Å². The van der Waals surface area contributed by atoms with E-state index in [-0.39, 0.29) is 0 Å². The molecule has 0 spiro atoms. The minimum Gasteiger partial charge on any atom is -0.532 e. The second kappa shape index (κ2) is 5.38. The van der Waals surface area contributed by atoms with Gasteiger partial charge < -0.3 is 9.68 Å². The van der Waals surface area contributed by atoms with Crippen molar-refractivity contribution in [3.63, 3.8) is 0 Å². The summed E-state index contributed by atoms with van der Waals surface area (Å²) in [7, 11) is -0.933. The van der Waals surface area contributed by atoms with Crippen LogP contribution in [0.4, 0.5) is 0 Å².